The summed E-state index contributed by atoms with van der Waals surface area (Å²) in [5.41, 5.74) is -0.244. The Morgan fingerprint density at radius 3 is 0.714 bits per heavy atom. The van der Waals surface area contributed by atoms with Crippen molar-refractivity contribution in [3.63, 3.8) is 0 Å². The van der Waals surface area contributed by atoms with Crippen molar-refractivity contribution in [3.8, 4) is 0 Å². The molecule has 0 bridgehead atoms. The summed E-state index contributed by atoms with van der Waals surface area (Å²) < 4.78 is 0. The molecule has 0 N–H and O–H groups in total. The Labute approximate surface area is 375 Å². The van der Waals surface area contributed by atoms with Crippen molar-refractivity contribution in [2.24, 2.45) is 0 Å². The van der Waals surface area contributed by atoms with E-state index in [9.17, 15) is 0 Å². The summed E-state index contributed by atoms with van der Waals surface area (Å²) in [6.45, 7) is 4.69. The molecule has 0 aliphatic carbocycles. The Bertz CT molecular complexity index is 2150. The maximum absolute atomic E-state index is 2.35. The van der Waals surface area contributed by atoms with Gasteiger partial charge >= 0.3 is 142 Å². The normalized spacial score (nSPS) is 9.54. The van der Waals surface area contributed by atoms with E-state index >= 15 is 0 Å². The van der Waals surface area contributed by atoms with Gasteiger partial charge in [-0.1, -0.05) is 24.3 Å². The molecule has 6 heteroatoms. The second-order valence-electron chi connectivity index (χ2n) is 12.6. The van der Waals surface area contributed by atoms with Crippen LogP contribution in [0.5, 0.6) is 0 Å². The summed E-state index contributed by atoms with van der Waals surface area (Å²) in [6.07, 6.45) is 0. The van der Waals surface area contributed by atoms with Crippen molar-refractivity contribution in [3.05, 3.63) is 231 Å². The minimum absolute atomic E-state index is 0. The molecule has 10 aromatic rings. The van der Waals surface area contributed by atoms with Gasteiger partial charge in [0.2, 0.25) is 0 Å². The zero-order valence-electron chi connectivity index (χ0n) is 31.7. The van der Waals surface area contributed by atoms with Crippen molar-refractivity contribution in [2.45, 2.75) is 13.1 Å². The quantitative estimate of drug-likeness (QED) is 0.140. The molecule has 0 saturated carbocycles. The van der Waals surface area contributed by atoms with E-state index in [1.807, 2.05) is 0 Å². The van der Waals surface area contributed by atoms with Crippen LogP contribution in [0.25, 0.3) is 43.1 Å². The van der Waals surface area contributed by atoms with Crippen molar-refractivity contribution in [2.75, 3.05) is 0 Å². The molecule has 0 radical (unpaired) electrons. The molecule has 0 fully saturated rings. The van der Waals surface area contributed by atoms with Gasteiger partial charge in [-0.2, -0.15) is 70.1 Å². The first-order valence-electron chi connectivity index (χ1n) is 18.1. The molecule has 0 spiro atoms. The van der Waals surface area contributed by atoms with Gasteiger partial charge in [0.25, 0.3) is 0 Å². The van der Waals surface area contributed by atoms with E-state index in [2.05, 4.69) is 244 Å². The second kappa shape index (κ2) is 26.5. The SMILES string of the molecule is C[Si](=[Zr+2])c1ccccc1.C[Si](=[Zr+2])c1ccccc1.[Cl-].[Cl-].c1ccc2[cH-]ccc2c1.c1ccc2[cH-]ccc2c1.c1ccc2[cH-]ccc2c1.c1ccc2[cH-]ccc2c1. The van der Waals surface area contributed by atoms with Crippen molar-refractivity contribution < 1.29 is 71.5 Å². The summed E-state index contributed by atoms with van der Waals surface area (Å²) in [5.74, 6) is 0. The van der Waals surface area contributed by atoms with Crippen LogP contribution in [0, 0.1) is 0 Å². The Morgan fingerprint density at radius 1 is 0.304 bits per heavy atom. The Morgan fingerprint density at radius 2 is 0.518 bits per heavy atom. The monoisotopic (exact) mass is 950 g/mol. The predicted octanol–water partition coefficient (Wildman–Crippen LogP) is 6.37. The van der Waals surface area contributed by atoms with Crippen LogP contribution in [-0.2, 0) is 46.7 Å². The van der Waals surface area contributed by atoms with E-state index in [1.165, 1.54) is 43.1 Å². The Hall–Kier alpha value is -3.46. The van der Waals surface area contributed by atoms with Gasteiger partial charge in [-0.3, -0.25) is 0 Å². The maximum Gasteiger partial charge on any atom is -0.0809 e. The number of hydrogen-bond donors (Lipinski definition) is 0. The van der Waals surface area contributed by atoms with Crippen LogP contribution in [0.2, 0.25) is 13.1 Å². The molecule has 0 atom stereocenters. The Balaban J connectivity index is 0.000000179. The average Bonchev–Trinajstić information content (AvgIpc) is 4.07. The molecule has 0 aliphatic rings. The molecule has 10 rings (SSSR count). The minimum Gasteiger partial charge on any atom is -1.00 e. The van der Waals surface area contributed by atoms with Gasteiger partial charge in [0.15, 0.2) is 0 Å². The molecular weight excluding hydrogens is 910 g/mol. The maximum atomic E-state index is 2.35. The van der Waals surface area contributed by atoms with Gasteiger partial charge in [-0.25, -0.2) is 0 Å². The van der Waals surface area contributed by atoms with Crippen LogP contribution in [0.4, 0.5) is 0 Å². The fourth-order valence-corrected chi connectivity index (χ4v) is 9.50. The van der Waals surface area contributed by atoms with E-state index in [0.717, 1.165) is 0 Å². The largest absolute Gasteiger partial charge is 1.00 e. The number of fused-ring (bicyclic) bond motifs is 4. The van der Waals surface area contributed by atoms with Crippen LogP contribution in [-0.4, -0.2) is 10.9 Å². The van der Waals surface area contributed by atoms with E-state index in [0.29, 0.717) is 0 Å². The summed E-state index contributed by atoms with van der Waals surface area (Å²) in [4.78, 5) is 0. The van der Waals surface area contributed by atoms with Gasteiger partial charge in [-0.15, -0.1) is 119 Å². The van der Waals surface area contributed by atoms with Gasteiger partial charge in [0.1, 0.15) is 0 Å². The summed E-state index contributed by atoms with van der Waals surface area (Å²) >= 11 is 3.38. The first-order chi connectivity index (χ1) is 26.5. The molecule has 0 unspecified atom stereocenters. The number of halogens is 2. The van der Waals surface area contributed by atoms with Gasteiger partial charge in [-0.05, 0) is 0 Å². The van der Waals surface area contributed by atoms with Gasteiger partial charge < -0.3 is 24.8 Å². The van der Waals surface area contributed by atoms with E-state index in [-0.39, 0.29) is 35.7 Å². The number of hydrogen-bond acceptors (Lipinski definition) is 0. The van der Waals surface area contributed by atoms with Crippen LogP contribution in [0.1, 0.15) is 0 Å². The van der Waals surface area contributed by atoms with E-state index in [1.54, 1.807) is 57.0 Å². The van der Waals surface area contributed by atoms with Crippen LogP contribution < -0.4 is 35.2 Å². The van der Waals surface area contributed by atoms with Crippen molar-refractivity contribution in [1.82, 2.24) is 0 Å². The summed E-state index contributed by atoms with van der Waals surface area (Å²) in [6, 6.07) is 80.2. The molecule has 0 saturated heterocycles. The molecule has 0 nitrogen and oxygen atoms in total. The molecular formula is C50H44Cl2Si2Zr2-2. The fourth-order valence-electron chi connectivity index (χ4n) is 5.66. The molecule has 0 aromatic heterocycles. The molecule has 0 heterocycles. The first-order valence-corrected chi connectivity index (χ1v) is 29.5. The smallest absolute Gasteiger partial charge is 0.0809 e. The van der Waals surface area contributed by atoms with Crippen LogP contribution >= 0.6 is 0 Å². The minimum atomic E-state index is -0.122. The standard InChI is InChI=1S/4C9H7.2C7H8Si.2ClH.2Zr/c4*1-2-5-9-7-3-6-8(9)4-1;2*1-8-7-5-3-2-4-6-7;;;;/h4*1-7H;2*2-6H,1H3;2*1H;;/q4*-1;;;;;2*+2/p-2. The molecule has 0 amide bonds. The fraction of sp³-hybridized carbons (Fsp3) is 0.0400. The molecule has 56 heavy (non-hydrogen) atoms. The third-order valence-electron chi connectivity index (χ3n) is 8.60. The zero-order valence-corrected chi connectivity index (χ0v) is 40.1. The number of benzene rings is 6. The van der Waals surface area contributed by atoms with Crippen molar-refractivity contribution in [1.29, 1.82) is 0 Å². The van der Waals surface area contributed by atoms with E-state index in [4.69, 9.17) is 0 Å². The summed E-state index contributed by atoms with van der Waals surface area (Å²) in [5, 5.41) is 13.8. The van der Waals surface area contributed by atoms with E-state index < -0.39 is 0 Å². The zero-order chi connectivity index (χ0) is 37.8. The number of rotatable bonds is 2. The van der Waals surface area contributed by atoms with Gasteiger partial charge in [0.05, 0.1) is 0 Å². The Kier molecular flexibility index (Phi) is 22.2. The summed E-state index contributed by atoms with van der Waals surface area (Å²) in [7, 11) is 0. The van der Waals surface area contributed by atoms with Crippen LogP contribution in [0.3, 0.4) is 0 Å². The molecule has 276 valence electrons. The van der Waals surface area contributed by atoms with Crippen molar-refractivity contribution >= 4 is 64.3 Å². The first kappa shape index (κ1) is 46.9. The predicted molar refractivity (Wildman–Crippen MR) is 234 cm³/mol. The topological polar surface area (TPSA) is 0 Å². The molecule has 10 aromatic carbocycles. The third-order valence-corrected chi connectivity index (χ3v) is 15.3. The van der Waals surface area contributed by atoms with Crippen LogP contribution in [0.15, 0.2) is 231 Å². The average molecular weight is 954 g/mol. The molecule has 0 aliphatic heterocycles. The van der Waals surface area contributed by atoms with Gasteiger partial charge in [0, 0.05) is 0 Å². The second-order valence-corrected chi connectivity index (χ2v) is 27.3. The third kappa shape index (κ3) is 15.8.